The van der Waals surface area contributed by atoms with Gasteiger partial charge in [0.05, 0.1) is 17.8 Å². The van der Waals surface area contributed by atoms with Crippen molar-refractivity contribution in [2.24, 2.45) is 0 Å². The molecule has 2 aromatic carbocycles. The molecule has 1 aliphatic rings. The SMILES string of the molecule is O=C1CNc2ccc(NCCCCCc3ccccc3)c(O)c21. The summed E-state index contributed by atoms with van der Waals surface area (Å²) in [5.41, 5.74) is 3.16. The Morgan fingerprint density at radius 2 is 1.87 bits per heavy atom. The summed E-state index contributed by atoms with van der Waals surface area (Å²) in [7, 11) is 0. The van der Waals surface area contributed by atoms with Crippen molar-refractivity contribution in [3.05, 3.63) is 53.6 Å². The van der Waals surface area contributed by atoms with Crippen LogP contribution in [0, 0.1) is 0 Å². The normalized spacial score (nSPS) is 12.8. The second-order valence-corrected chi connectivity index (χ2v) is 5.88. The van der Waals surface area contributed by atoms with Crippen LogP contribution in [0.1, 0.15) is 35.2 Å². The molecule has 0 spiro atoms. The number of anilines is 2. The average molecular weight is 310 g/mol. The summed E-state index contributed by atoms with van der Waals surface area (Å²) in [6.07, 6.45) is 4.43. The van der Waals surface area contributed by atoms with Crippen LogP contribution in [0.15, 0.2) is 42.5 Å². The lowest BCUT2D eigenvalue weighted by molar-refractivity contribution is 0.101. The number of nitrogens with one attached hydrogen (secondary N) is 2. The van der Waals surface area contributed by atoms with Gasteiger partial charge in [-0.1, -0.05) is 36.8 Å². The monoisotopic (exact) mass is 310 g/mol. The summed E-state index contributed by atoms with van der Waals surface area (Å²) >= 11 is 0. The van der Waals surface area contributed by atoms with Crippen LogP contribution in [-0.2, 0) is 6.42 Å². The minimum Gasteiger partial charge on any atom is -0.505 e. The van der Waals surface area contributed by atoms with Gasteiger partial charge >= 0.3 is 0 Å². The smallest absolute Gasteiger partial charge is 0.187 e. The molecule has 23 heavy (non-hydrogen) atoms. The molecule has 0 bridgehead atoms. The second-order valence-electron chi connectivity index (χ2n) is 5.88. The Kier molecular flexibility index (Phi) is 4.81. The van der Waals surface area contributed by atoms with Gasteiger partial charge in [-0.25, -0.2) is 0 Å². The summed E-state index contributed by atoms with van der Waals surface area (Å²) in [4.78, 5) is 11.7. The van der Waals surface area contributed by atoms with Crippen molar-refractivity contribution in [2.45, 2.75) is 25.7 Å². The molecule has 0 saturated heterocycles. The molecule has 0 radical (unpaired) electrons. The maximum atomic E-state index is 11.7. The van der Waals surface area contributed by atoms with E-state index in [0.29, 0.717) is 11.3 Å². The van der Waals surface area contributed by atoms with Crippen LogP contribution in [0.25, 0.3) is 0 Å². The van der Waals surface area contributed by atoms with Gasteiger partial charge in [0, 0.05) is 12.2 Å². The number of rotatable bonds is 7. The summed E-state index contributed by atoms with van der Waals surface area (Å²) in [6, 6.07) is 14.2. The van der Waals surface area contributed by atoms with E-state index in [9.17, 15) is 9.90 Å². The molecule has 2 aromatic rings. The number of carbonyl (C=O) groups excluding carboxylic acids is 1. The molecular weight excluding hydrogens is 288 g/mol. The molecule has 120 valence electrons. The summed E-state index contributed by atoms with van der Waals surface area (Å²) in [6.45, 7) is 1.06. The molecule has 0 aliphatic carbocycles. The highest BCUT2D eigenvalue weighted by Gasteiger charge is 2.24. The van der Waals surface area contributed by atoms with Crippen LogP contribution in [0.4, 0.5) is 11.4 Å². The number of fused-ring (bicyclic) bond motifs is 1. The van der Waals surface area contributed by atoms with Crippen LogP contribution in [-0.4, -0.2) is 24.0 Å². The molecule has 0 unspecified atom stereocenters. The van der Waals surface area contributed by atoms with E-state index in [1.165, 1.54) is 5.56 Å². The zero-order valence-electron chi connectivity index (χ0n) is 13.1. The van der Waals surface area contributed by atoms with Crippen molar-refractivity contribution in [3.8, 4) is 5.75 Å². The van der Waals surface area contributed by atoms with E-state index in [1.807, 2.05) is 18.2 Å². The highest BCUT2D eigenvalue weighted by atomic mass is 16.3. The van der Waals surface area contributed by atoms with Gasteiger partial charge in [-0.2, -0.15) is 0 Å². The number of hydrogen-bond donors (Lipinski definition) is 3. The summed E-state index contributed by atoms with van der Waals surface area (Å²) in [5, 5.41) is 16.4. The van der Waals surface area contributed by atoms with Crippen LogP contribution in [0.3, 0.4) is 0 Å². The number of carbonyl (C=O) groups is 1. The van der Waals surface area contributed by atoms with Gasteiger partial charge in [0.2, 0.25) is 0 Å². The van der Waals surface area contributed by atoms with E-state index < -0.39 is 0 Å². The van der Waals surface area contributed by atoms with Crippen LogP contribution in [0.2, 0.25) is 0 Å². The zero-order chi connectivity index (χ0) is 16.1. The maximum absolute atomic E-state index is 11.7. The van der Waals surface area contributed by atoms with E-state index in [0.717, 1.165) is 37.9 Å². The van der Waals surface area contributed by atoms with Gasteiger partial charge in [0.25, 0.3) is 0 Å². The Labute approximate surface area is 136 Å². The molecule has 0 fully saturated rings. The third kappa shape index (κ3) is 3.65. The van der Waals surface area contributed by atoms with Crippen LogP contribution < -0.4 is 10.6 Å². The third-order valence-electron chi connectivity index (χ3n) is 4.20. The van der Waals surface area contributed by atoms with E-state index in [4.69, 9.17) is 0 Å². The Morgan fingerprint density at radius 1 is 1.04 bits per heavy atom. The number of unbranched alkanes of at least 4 members (excludes halogenated alkanes) is 2. The first kappa shape index (κ1) is 15.4. The second kappa shape index (κ2) is 7.18. The largest absolute Gasteiger partial charge is 0.505 e. The Bertz CT molecular complexity index is 683. The number of phenolic OH excluding ortho intramolecular Hbond substituents is 1. The number of benzene rings is 2. The number of hydrogen-bond acceptors (Lipinski definition) is 4. The fraction of sp³-hybridized carbons (Fsp3) is 0.316. The van der Waals surface area contributed by atoms with Crippen molar-refractivity contribution in [1.29, 1.82) is 0 Å². The molecule has 4 nitrogen and oxygen atoms in total. The fourth-order valence-electron chi connectivity index (χ4n) is 2.93. The minimum atomic E-state index is -0.0518. The fourth-order valence-corrected chi connectivity index (χ4v) is 2.93. The molecule has 0 amide bonds. The molecule has 0 saturated carbocycles. The Balaban J connectivity index is 1.43. The number of phenols is 1. The molecule has 0 atom stereocenters. The zero-order valence-corrected chi connectivity index (χ0v) is 13.1. The van der Waals surface area contributed by atoms with Crippen molar-refractivity contribution < 1.29 is 9.90 Å². The lowest BCUT2D eigenvalue weighted by Crippen LogP contribution is -2.04. The predicted octanol–water partition coefficient (Wildman–Crippen LogP) is 3.83. The van der Waals surface area contributed by atoms with E-state index in [-0.39, 0.29) is 18.1 Å². The topological polar surface area (TPSA) is 61.4 Å². The van der Waals surface area contributed by atoms with Crippen molar-refractivity contribution in [2.75, 3.05) is 23.7 Å². The van der Waals surface area contributed by atoms with Crippen molar-refractivity contribution >= 4 is 17.2 Å². The Morgan fingerprint density at radius 3 is 2.70 bits per heavy atom. The Hall–Kier alpha value is -2.49. The molecule has 4 heteroatoms. The van der Waals surface area contributed by atoms with Gasteiger partial charge in [-0.3, -0.25) is 4.79 Å². The van der Waals surface area contributed by atoms with Crippen molar-refractivity contribution in [1.82, 2.24) is 0 Å². The molecule has 3 N–H and O–H groups in total. The summed E-state index contributed by atoms with van der Waals surface area (Å²) < 4.78 is 0. The first-order valence-corrected chi connectivity index (χ1v) is 8.16. The van der Waals surface area contributed by atoms with E-state index in [1.54, 1.807) is 0 Å². The van der Waals surface area contributed by atoms with Gasteiger partial charge < -0.3 is 15.7 Å². The van der Waals surface area contributed by atoms with Gasteiger partial charge in [0.15, 0.2) is 11.5 Å². The molecule has 3 rings (SSSR count). The van der Waals surface area contributed by atoms with Gasteiger partial charge in [-0.15, -0.1) is 0 Å². The number of aromatic hydroxyl groups is 1. The molecule has 1 aliphatic heterocycles. The van der Waals surface area contributed by atoms with Gasteiger partial charge in [0.1, 0.15) is 0 Å². The minimum absolute atomic E-state index is 0.0518. The van der Waals surface area contributed by atoms with Crippen LogP contribution in [0.5, 0.6) is 5.75 Å². The molecular formula is C19H22N2O2. The first-order chi connectivity index (χ1) is 11.3. The number of aryl methyl sites for hydroxylation is 1. The predicted molar refractivity (Wildman–Crippen MR) is 93.4 cm³/mol. The van der Waals surface area contributed by atoms with Crippen LogP contribution >= 0.6 is 0 Å². The highest BCUT2D eigenvalue weighted by Crippen LogP contribution is 2.36. The standard InChI is InChI=1S/C19H22N2O2/c22-17-13-21-15-10-11-16(19(23)18(15)17)20-12-6-2-5-9-14-7-3-1-4-8-14/h1,3-4,7-8,10-11,20-21,23H,2,5-6,9,12-13H2. The van der Waals surface area contributed by atoms with Crippen molar-refractivity contribution in [3.63, 3.8) is 0 Å². The average Bonchev–Trinajstić information content (AvgIpc) is 2.95. The first-order valence-electron chi connectivity index (χ1n) is 8.16. The third-order valence-corrected chi connectivity index (χ3v) is 4.20. The van der Waals surface area contributed by atoms with Gasteiger partial charge in [-0.05, 0) is 37.0 Å². The summed E-state index contributed by atoms with van der Waals surface area (Å²) in [5.74, 6) is 0.0193. The lowest BCUT2D eigenvalue weighted by atomic mass is 10.1. The number of Topliss-reactive ketones (excluding diaryl/α,β-unsaturated/α-hetero) is 1. The highest BCUT2D eigenvalue weighted by molar-refractivity contribution is 6.11. The van der Waals surface area contributed by atoms with E-state index in [2.05, 4.69) is 34.9 Å². The lowest BCUT2D eigenvalue weighted by Gasteiger charge is -2.11. The van der Waals surface area contributed by atoms with E-state index >= 15 is 0 Å². The maximum Gasteiger partial charge on any atom is 0.187 e. The quantitative estimate of drug-likeness (QED) is 0.537. The molecule has 0 aromatic heterocycles. The number of ketones is 1. The molecule has 1 heterocycles.